The molecule has 1 radical (unpaired) electrons. The van der Waals surface area contributed by atoms with Gasteiger partial charge in [-0.3, -0.25) is 0 Å². The molecule has 0 spiro atoms. The van der Waals surface area contributed by atoms with Crippen molar-refractivity contribution in [3.8, 4) is 16.9 Å². The van der Waals surface area contributed by atoms with E-state index in [0.717, 1.165) is 53.0 Å². The van der Waals surface area contributed by atoms with Crippen LogP contribution in [0, 0.1) is 12.8 Å². The fourth-order valence-electron chi connectivity index (χ4n) is 4.62. The summed E-state index contributed by atoms with van der Waals surface area (Å²) in [5.74, 6) is 1.99. The molecular formula is C27H28F2KN4O. The third kappa shape index (κ3) is 5.94. The molecule has 1 saturated heterocycles. The minimum absolute atomic E-state index is 0. The maximum Gasteiger partial charge on any atom is 0.387 e. The quantitative estimate of drug-likeness (QED) is 0.316. The minimum atomic E-state index is -2.86. The zero-order chi connectivity index (χ0) is 23.7. The Labute approximate surface area is 247 Å². The first-order chi connectivity index (χ1) is 16.5. The zero-order valence-corrected chi connectivity index (χ0v) is 23.5. The van der Waals surface area contributed by atoms with Crippen molar-refractivity contribution in [3.05, 3.63) is 77.9 Å². The van der Waals surface area contributed by atoms with Crippen LogP contribution in [0.3, 0.4) is 0 Å². The Morgan fingerprint density at radius 2 is 1.77 bits per heavy atom. The summed E-state index contributed by atoms with van der Waals surface area (Å²) in [5, 5.41) is 0. The first-order valence-electron chi connectivity index (χ1n) is 11.7. The summed E-state index contributed by atoms with van der Waals surface area (Å²) in [6, 6.07) is 15.1. The van der Waals surface area contributed by atoms with Crippen LogP contribution < -0.4 is 9.64 Å². The van der Waals surface area contributed by atoms with E-state index in [1.165, 1.54) is 12.8 Å². The Kier molecular flexibility index (Phi) is 8.60. The van der Waals surface area contributed by atoms with E-state index in [0.29, 0.717) is 12.0 Å². The predicted octanol–water partition coefficient (Wildman–Crippen LogP) is 5.75. The zero-order valence-electron chi connectivity index (χ0n) is 20.4. The van der Waals surface area contributed by atoms with Gasteiger partial charge in [0.1, 0.15) is 17.2 Å². The molecule has 1 aliphatic heterocycles. The second-order valence-electron chi connectivity index (χ2n) is 9.03. The monoisotopic (exact) mass is 501 g/mol. The molecule has 3 aromatic heterocycles. The number of imidazole rings is 1. The number of aryl methyl sites for hydroxylation is 1. The Balaban J connectivity index is 0.00000289. The van der Waals surface area contributed by atoms with Gasteiger partial charge < -0.3 is 14.0 Å². The van der Waals surface area contributed by atoms with Gasteiger partial charge in [-0.2, -0.15) is 8.78 Å². The summed E-state index contributed by atoms with van der Waals surface area (Å²) in [4.78, 5) is 11.8. The summed E-state index contributed by atoms with van der Waals surface area (Å²) in [6.45, 7) is 3.48. The number of hydrogen-bond acceptors (Lipinski definition) is 4. The summed E-state index contributed by atoms with van der Waals surface area (Å²) >= 11 is 0. The van der Waals surface area contributed by atoms with Crippen molar-refractivity contribution in [3.63, 3.8) is 0 Å². The normalized spacial score (nSPS) is 14.4. The van der Waals surface area contributed by atoms with Crippen LogP contribution in [0.25, 0.3) is 16.8 Å². The summed E-state index contributed by atoms with van der Waals surface area (Å²) in [5.41, 5.74) is 5.35. The van der Waals surface area contributed by atoms with E-state index >= 15 is 0 Å². The van der Waals surface area contributed by atoms with Crippen molar-refractivity contribution in [2.45, 2.75) is 39.7 Å². The number of pyridine rings is 2. The van der Waals surface area contributed by atoms with E-state index in [-0.39, 0.29) is 57.1 Å². The van der Waals surface area contributed by atoms with Gasteiger partial charge in [-0.25, -0.2) is 9.97 Å². The Morgan fingerprint density at radius 3 is 2.49 bits per heavy atom. The van der Waals surface area contributed by atoms with Gasteiger partial charge in [-0.05, 0) is 56.0 Å². The van der Waals surface area contributed by atoms with E-state index in [4.69, 9.17) is 9.72 Å². The number of halogens is 2. The number of fused-ring (bicyclic) bond motifs is 1. The molecule has 5 nitrogen and oxygen atoms in total. The second-order valence-corrected chi connectivity index (χ2v) is 9.03. The number of benzene rings is 1. The van der Waals surface area contributed by atoms with Crippen LogP contribution >= 0.6 is 0 Å². The number of rotatable bonds is 6. The average molecular weight is 502 g/mol. The average Bonchev–Trinajstić information content (AvgIpc) is 3.15. The molecule has 0 atom stereocenters. The largest absolute Gasteiger partial charge is 0.435 e. The SMILES string of the molecule is Cc1nc2ccc(-c3ccc(N4CCC(C)CC4)nc3)cn2c1Cc1ccccc1OC(F)F.[K]. The number of nitrogens with zero attached hydrogens (tertiary/aromatic N) is 4. The van der Waals surface area contributed by atoms with Gasteiger partial charge in [-0.1, -0.05) is 25.1 Å². The van der Waals surface area contributed by atoms with Gasteiger partial charge in [0.15, 0.2) is 0 Å². The first-order valence-corrected chi connectivity index (χ1v) is 11.7. The van der Waals surface area contributed by atoms with Crippen LogP contribution in [-0.2, 0) is 6.42 Å². The van der Waals surface area contributed by atoms with Crippen LogP contribution in [0.5, 0.6) is 5.75 Å². The minimum Gasteiger partial charge on any atom is -0.435 e. The van der Waals surface area contributed by atoms with E-state index < -0.39 is 6.61 Å². The Hall–Kier alpha value is -1.84. The van der Waals surface area contributed by atoms with E-state index in [9.17, 15) is 8.78 Å². The molecule has 0 aliphatic carbocycles. The fourth-order valence-corrected chi connectivity index (χ4v) is 4.62. The predicted molar refractivity (Wildman–Crippen MR) is 135 cm³/mol. The molecule has 0 saturated carbocycles. The van der Waals surface area contributed by atoms with E-state index in [1.54, 1.807) is 12.1 Å². The second kappa shape index (κ2) is 11.5. The van der Waals surface area contributed by atoms with Crippen molar-refractivity contribution >= 4 is 62.8 Å². The molecule has 4 heterocycles. The Bertz CT molecular complexity index is 1280. The molecule has 8 heteroatoms. The molecular weight excluding hydrogens is 473 g/mol. The third-order valence-electron chi connectivity index (χ3n) is 6.65. The number of hydrogen-bond donors (Lipinski definition) is 0. The smallest absolute Gasteiger partial charge is 0.387 e. The molecule has 0 N–H and O–H groups in total. The van der Waals surface area contributed by atoms with Crippen LogP contribution in [0.2, 0.25) is 0 Å². The number of aromatic nitrogens is 3. The molecule has 5 rings (SSSR count). The van der Waals surface area contributed by atoms with Gasteiger partial charge in [0.05, 0.1) is 5.69 Å². The number of ether oxygens (including phenoxy) is 1. The molecule has 35 heavy (non-hydrogen) atoms. The number of piperidine rings is 1. The fraction of sp³-hybridized carbons (Fsp3) is 0.333. The Morgan fingerprint density at radius 1 is 1.03 bits per heavy atom. The number of alkyl halides is 2. The van der Waals surface area contributed by atoms with E-state index in [1.807, 2.05) is 48.0 Å². The standard InChI is InChI=1S/C27H28F2N4O.K/c1-18-11-13-32(14-12-18)25-9-7-21(16-30-25)22-8-10-26-31-19(2)23(33(26)17-22)15-20-5-3-4-6-24(20)34-27(28)29;/h3-10,16-18,27H,11-15H2,1-2H3;. The van der Waals surface area contributed by atoms with Crippen molar-refractivity contribution < 1.29 is 13.5 Å². The maximum atomic E-state index is 12.9. The van der Waals surface area contributed by atoms with Crippen molar-refractivity contribution in [2.24, 2.45) is 5.92 Å². The van der Waals surface area contributed by atoms with Crippen molar-refractivity contribution in [1.82, 2.24) is 14.4 Å². The van der Waals surface area contributed by atoms with Crippen LogP contribution in [-0.4, -0.2) is 85.5 Å². The van der Waals surface area contributed by atoms with Gasteiger partial charge in [-0.15, -0.1) is 0 Å². The van der Waals surface area contributed by atoms with Crippen LogP contribution in [0.4, 0.5) is 14.6 Å². The third-order valence-corrected chi connectivity index (χ3v) is 6.65. The van der Waals surface area contributed by atoms with Gasteiger partial charge in [0.2, 0.25) is 0 Å². The van der Waals surface area contributed by atoms with Crippen molar-refractivity contribution in [2.75, 3.05) is 18.0 Å². The first kappa shape index (κ1) is 26.2. The maximum absolute atomic E-state index is 12.9. The molecule has 0 unspecified atom stereocenters. The molecule has 4 aromatic rings. The van der Waals surface area contributed by atoms with Gasteiger partial charge in [0, 0.05) is 106 Å². The van der Waals surface area contributed by atoms with Gasteiger partial charge >= 0.3 is 6.61 Å². The molecule has 1 aromatic carbocycles. The molecule has 1 aliphatic rings. The molecule has 0 amide bonds. The summed E-state index contributed by atoms with van der Waals surface area (Å²) in [6.07, 6.45) is 6.80. The van der Waals surface area contributed by atoms with Gasteiger partial charge in [0.25, 0.3) is 0 Å². The molecule has 1 fully saturated rings. The van der Waals surface area contributed by atoms with Crippen LogP contribution in [0.15, 0.2) is 60.9 Å². The van der Waals surface area contributed by atoms with E-state index in [2.05, 4.69) is 28.9 Å². The molecule has 177 valence electrons. The van der Waals surface area contributed by atoms with Crippen molar-refractivity contribution in [1.29, 1.82) is 0 Å². The summed E-state index contributed by atoms with van der Waals surface area (Å²) in [7, 11) is 0. The molecule has 0 bridgehead atoms. The number of anilines is 1. The summed E-state index contributed by atoms with van der Waals surface area (Å²) < 4.78 is 32.5. The topological polar surface area (TPSA) is 42.7 Å². The van der Waals surface area contributed by atoms with Crippen LogP contribution in [0.1, 0.15) is 36.7 Å². The number of para-hydroxylation sites is 1.